The van der Waals surface area contributed by atoms with Gasteiger partial charge in [0.2, 0.25) is 0 Å². The summed E-state index contributed by atoms with van der Waals surface area (Å²) in [7, 11) is 0. The average Bonchev–Trinajstić information content (AvgIpc) is 2.74. The zero-order chi connectivity index (χ0) is 21.0. The van der Waals surface area contributed by atoms with Crippen LogP contribution in [0.3, 0.4) is 0 Å². The van der Waals surface area contributed by atoms with Crippen molar-refractivity contribution in [3.05, 3.63) is 82.8 Å². The van der Waals surface area contributed by atoms with Gasteiger partial charge in [0.25, 0.3) is 5.91 Å². The van der Waals surface area contributed by atoms with Crippen molar-refractivity contribution in [1.82, 2.24) is 4.98 Å². The second-order valence-corrected chi connectivity index (χ2v) is 6.42. The number of carbonyl (C=O) groups is 1. The van der Waals surface area contributed by atoms with Crippen molar-refractivity contribution in [2.45, 2.75) is 13.0 Å². The first-order valence-electron chi connectivity index (χ1n) is 8.78. The molecule has 0 unspecified atom stereocenters. The minimum atomic E-state index is -1.14. The van der Waals surface area contributed by atoms with E-state index < -0.39 is 18.6 Å². The molecule has 0 aliphatic heterocycles. The van der Waals surface area contributed by atoms with Gasteiger partial charge in [-0.25, -0.2) is 9.83 Å². The number of aliphatic hydroxyl groups is 2. The summed E-state index contributed by atoms with van der Waals surface area (Å²) < 4.78 is 5.80. The highest BCUT2D eigenvalue weighted by Crippen LogP contribution is 2.30. The molecule has 3 rings (SSSR count). The SMILES string of the molecule is [C-]#[N+]c1cc(Oc2ccc(-c3cc([C@H](O)CO)cc(C(N)=O)n3)cc2)ccc1C. The quantitative estimate of drug-likeness (QED) is 0.559. The van der Waals surface area contributed by atoms with Crippen LogP contribution in [0.4, 0.5) is 5.69 Å². The largest absolute Gasteiger partial charge is 0.459 e. The van der Waals surface area contributed by atoms with Crippen molar-refractivity contribution >= 4 is 11.6 Å². The summed E-state index contributed by atoms with van der Waals surface area (Å²) in [5.41, 5.74) is 8.19. The number of aliphatic hydroxyl groups excluding tert-OH is 2. The number of aromatic nitrogens is 1. The fraction of sp³-hybridized carbons (Fsp3) is 0.136. The molecule has 29 heavy (non-hydrogen) atoms. The van der Waals surface area contributed by atoms with E-state index in [0.717, 1.165) is 5.56 Å². The lowest BCUT2D eigenvalue weighted by molar-refractivity contribution is 0.0948. The number of aryl methyl sites for hydroxylation is 1. The van der Waals surface area contributed by atoms with E-state index in [2.05, 4.69) is 9.83 Å². The molecule has 0 fully saturated rings. The molecule has 1 heterocycles. The molecule has 2 aromatic carbocycles. The number of nitrogens with two attached hydrogens (primary N) is 1. The normalized spacial score (nSPS) is 11.5. The van der Waals surface area contributed by atoms with Crippen molar-refractivity contribution in [3.63, 3.8) is 0 Å². The van der Waals surface area contributed by atoms with Crippen LogP contribution in [0, 0.1) is 13.5 Å². The minimum Gasteiger partial charge on any atom is -0.459 e. The molecule has 0 aliphatic carbocycles. The third-order valence-corrected chi connectivity index (χ3v) is 4.34. The van der Waals surface area contributed by atoms with Crippen LogP contribution in [0.1, 0.15) is 27.7 Å². The van der Waals surface area contributed by atoms with Crippen LogP contribution in [-0.2, 0) is 0 Å². The Morgan fingerprint density at radius 1 is 1.17 bits per heavy atom. The van der Waals surface area contributed by atoms with E-state index in [1.54, 1.807) is 42.5 Å². The van der Waals surface area contributed by atoms with Gasteiger partial charge in [-0.1, -0.05) is 6.07 Å². The Hall–Kier alpha value is -3.73. The Balaban J connectivity index is 1.89. The van der Waals surface area contributed by atoms with Gasteiger partial charge in [-0.15, -0.1) is 0 Å². The summed E-state index contributed by atoms with van der Waals surface area (Å²) in [5.74, 6) is 0.389. The maximum absolute atomic E-state index is 11.6. The first-order chi connectivity index (χ1) is 13.9. The number of hydrogen-bond acceptors (Lipinski definition) is 5. The summed E-state index contributed by atoms with van der Waals surface area (Å²) in [6, 6.07) is 15.2. The smallest absolute Gasteiger partial charge is 0.267 e. The van der Waals surface area contributed by atoms with Crippen LogP contribution in [0.5, 0.6) is 11.5 Å². The standard InChI is InChI=1S/C22H19N3O4/c1-13-3-6-17(11-18(13)24-2)29-16-7-4-14(5-8-16)19-9-15(21(27)12-26)10-20(25-19)22(23)28/h3-11,21,26-27H,12H2,1H3,(H2,23,28)/t21-/m1/s1. The molecule has 4 N–H and O–H groups in total. The molecule has 1 amide bonds. The third-order valence-electron chi connectivity index (χ3n) is 4.34. The van der Waals surface area contributed by atoms with Gasteiger partial charge in [0.15, 0.2) is 5.69 Å². The van der Waals surface area contributed by atoms with Crippen LogP contribution < -0.4 is 10.5 Å². The second kappa shape index (κ2) is 8.52. The van der Waals surface area contributed by atoms with Gasteiger partial charge >= 0.3 is 0 Å². The molecule has 1 aromatic heterocycles. The molecule has 0 radical (unpaired) electrons. The van der Waals surface area contributed by atoms with Crippen molar-refractivity contribution in [2.75, 3.05) is 6.61 Å². The number of benzene rings is 2. The summed E-state index contributed by atoms with van der Waals surface area (Å²) in [5, 5.41) is 19.1. The molecule has 7 heteroatoms. The topological polar surface area (TPSA) is 110 Å². The Bertz CT molecular complexity index is 1090. The number of rotatable bonds is 6. The lowest BCUT2D eigenvalue weighted by Gasteiger charge is -2.12. The van der Waals surface area contributed by atoms with E-state index in [0.29, 0.717) is 34.0 Å². The summed E-state index contributed by atoms with van der Waals surface area (Å²) >= 11 is 0. The van der Waals surface area contributed by atoms with Crippen LogP contribution in [0.2, 0.25) is 0 Å². The molecule has 0 saturated carbocycles. The van der Waals surface area contributed by atoms with Crippen molar-refractivity contribution in [2.24, 2.45) is 5.73 Å². The Kier molecular flexibility index (Phi) is 5.88. The van der Waals surface area contributed by atoms with E-state index in [1.165, 1.54) is 6.07 Å². The van der Waals surface area contributed by atoms with E-state index in [4.69, 9.17) is 17.0 Å². The van der Waals surface area contributed by atoms with Gasteiger partial charge in [-0.05, 0) is 66.6 Å². The van der Waals surface area contributed by atoms with Crippen LogP contribution in [0.15, 0.2) is 54.6 Å². The number of amides is 1. The van der Waals surface area contributed by atoms with E-state index >= 15 is 0 Å². The summed E-state index contributed by atoms with van der Waals surface area (Å²) in [6.07, 6.45) is -1.14. The molecule has 3 aromatic rings. The lowest BCUT2D eigenvalue weighted by atomic mass is 10.0. The Morgan fingerprint density at radius 2 is 1.86 bits per heavy atom. The van der Waals surface area contributed by atoms with Crippen LogP contribution >= 0.6 is 0 Å². The fourth-order valence-corrected chi connectivity index (χ4v) is 2.73. The molecule has 0 saturated heterocycles. The van der Waals surface area contributed by atoms with Crippen molar-refractivity contribution in [1.29, 1.82) is 0 Å². The van der Waals surface area contributed by atoms with Crippen LogP contribution in [0.25, 0.3) is 16.1 Å². The van der Waals surface area contributed by atoms with Gasteiger partial charge < -0.3 is 20.7 Å². The first-order valence-corrected chi connectivity index (χ1v) is 8.78. The minimum absolute atomic E-state index is 0.00310. The molecule has 7 nitrogen and oxygen atoms in total. The molecular formula is C22H19N3O4. The molecule has 0 spiro atoms. The van der Waals surface area contributed by atoms with Crippen LogP contribution in [-0.4, -0.2) is 27.7 Å². The molecule has 1 atom stereocenters. The number of carbonyl (C=O) groups excluding carboxylic acids is 1. The third kappa shape index (κ3) is 4.58. The Morgan fingerprint density at radius 3 is 2.48 bits per heavy atom. The van der Waals surface area contributed by atoms with Crippen molar-refractivity contribution in [3.8, 4) is 22.8 Å². The van der Waals surface area contributed by atoms with Gasteiger partial charge in [-0.3, -0.25) is 4.79 Å². The highest BCUT2D eigenvalue weighted by Gasteiger charge is 2.14. The van der Waals surface area contributed by atoms with E-state index in [9.17, 15) is 15.0 Å². The summed E-state index contributed by atoms with van der Waals surface area (Å²) in [6.45, 7) is 8.56. The van der Waals surface area contributed by atoms with Gasteiger partial charge in [0, 0.05) is 5.56 Å². The van der Waals surface area contributed by atoms with Crippen molar-refractivity contribution < 1.29 is 19.7 Å². The van der Waals surface area contributed by atoms with E-state index in [-0.39, 0.29) is 5.69 Å². The maximum Gasteiger partial charge on any atom is 0.267 e. The molecule has 146 valence electrons. The monoisotopic (exact) mass is 389 g/mol. The zero-order valence-electron chi connectivity index (χ0n) is 15.7. The molecule has 0 bridgehead atoms. The lowest BCUT2D eigenvalue weighted by Crippen LogP contribution is -2.15. The average molecular weight is 389 g/mol. The number of pyridine rings is 1. The molecular weight excluding hydrogens is 370 g/mol. The van der Waals surface area contributed by atoms with Gasteiger partial charge in [0.1, 0.15) is 23.3 Å². The predicted molar refractivity (Wildman–Crippen MR) is 108 cm³/mol. The van der Waals surface area contributed by atoms with Gasteiger partial charge in [-0.2, -0.15) is 0 Å². The van der Waals surface area contributed by atoms with Gasteiger partial charge in [0.05, 0.1) is 18.9 Å². The highest BCUT2D eigenvalue weighted by atomic mass is 16.5. The number of primary amides is 1. The zero-order valence-corrected chi connectivity index (χ0v) is 15.7. The highest BCUT2D eigenvalue weighted by molar-refractivity contribution is 5.91. The molecule has 0 aliphatic rings. The second-order valence-electron chi connectivity index (χ2n) is 6.42. The number of hydrogen-bond donors (Lipinski definition) is 3. The predicted octanol–water partition coefficient (Wildman–Crippen LogP) is 3.52. The Labute approximate surface area is 167 Å². The summed E-state index contributed by atoms with van der Waals surface area (Å²) in [4.78, 5) is 19.2. The maximum atomic E-state index is 11.6. The van der Waals surface area contributed by atoms with E-state index in [1.807, 2.05) is 13.0 Å². The fourth-order valence-electron chi connectivity index (χ4n) is 2.73. The first kappa shape index (κ1) is 20.0. The number of ether oxygens (including phenoxy) is 1. The number of nitrogens with zero attached hydrogens (tertiary/aromatic N) is 2.